The molecule has 0 heterocycles. The number of carbonyl (C=O) groups is 1. The highest BCUT2D eigenvalue weighted by molar-refractivity contribution is 5.94. The van der Waals surface area contributed by atoms with E-state index in [1.54, 1.807) is 17.0 Å². The molecule has 0 aliphatic heterocycles. The summed E-state index contributed by atoms with van der Waals surface area (Å²) >= 11 is 0. The number of hydrogen-bond donors (Lipinski definition) is 1. The van der Waals surface area contributed by atoms with Gasteiger partial charge in [0.25, 0.3) is 0 Å². The van der Waals surface area contributed by atoms with E-state index in [1.165, 1.54) is 12.1 Å². The van der Waals surface area contributed by atoms with Crippen LogP contribution in [0.4, 0.5) is 10.1 Å². The summed E-state index contributed by atoms with van der Waals surface area (Å²) in [5, 5.41) is 0. The van der Waals surface area contributed by atoms with Crippen molar-refractivity contribution >= 4 is 11.6 Å². The lowest BCUT2D eigenvalue weighted by Gasteiger charge is -2.38. The van der Waals surface area contributed by atoms with Gasteiger partial charge in [0, 0.05) is 24.2 Å². The van der Waals surface area contributed by atoms with E-state index >= 15 is 0 Å². The minimum absolute atomic E-state index is 0.0197. The van der Waals surface area contributed by atoms with Crippen molar-refractivity contribution in [1.82, 2.24) is 0 Å². The fraction of sp³-hybridized carbons (Fsp3) is 0.500. The summed E-state index contributed by atoms with van der Waals surface area (Å²) in [4.78, 5) is 13.9. The van der Waals surface area contributed by atoms with E-state index in [0.717, 1.165) is 24.9 Å². The highest BCUT2D eigenvalue weighted by atomic mass is 19.1. The Morgan fingerprint density at radius 3 is 2.44 bits per heavy atom. The summed E-state index contributed by atoms with van der Waals surface area (Å²) in [6.07, 6.45) is 3.31. The van der Waals surface area contributed by atoms with Crippen molar-refractivity contribution in [1.29, 1.82) is 0 Å². The number of hydrogen-bond acceptors (Lipinski definition) is 2. The van der Waals surface area contributed by atoms with Crippen molar-refractivity contribution in [3.8, 4) is 0 Å². The van der Waals surface area contributed by atoms with Crippen LogP contribution in [0.5, 0.6) is 0 Å². The van der Waals surface area contributed by atoms with Crippen LogP contribution in [0.15, 0.2) is 24.3 Å². The molecule has 1 aromatic carbocycles. The molecule has 18 heavy (non-hydrogen) atoms. The molecule has 1 aromatic rings. The third kappa shape index (κ3) is 2.70. The van der Waals surface area contributed by atoms with Crippen molar-refractivity contribution in [2.45, 2.75) is 38.1 Å². The summed E-state index contributed by atoms with van der Waals surface area (Å²) in [6, 6.07) is 5.99. The average Bonchev–Trinajstić information content (AvgIpc) is 2.30. The lowest BCUT2D eigenvalue weighted by atomic mass is 9.75. The fourth-order valence-corrected chi connectivity index (χ4v) is 2.33. The second kappa shape index (κ2) is 5.06. The van der Waals surface area contributed by atoms with Crippen LogP contribution in [0.1, 0.15) is 32.6 Å². The number of rotatable bonds is 4. The molecule has 0 saturated heterocycles. The zero-order chi connectivity index (χ0) is 13.2. The first kappa shape index (κ1) is 13.0. The summed E-state index contributed by atoms with van der Waals surface area (Å²) < 4.78 is 12.9. The Bertz CT molecular complexity index is 426. The molecule has 1 amide bonds. The Balaban J connectivity index is 2.08. The van der Waals surface area contributed by atoms with Crippen LogP contribution in [0, 0.1) is 5.82 Å². The monoisotopic (exact) mass is 250 g/mol. The Labute approximate surface area is 107 Å². The molecule has 1 saturated carbocycles. The topological polar surface area (TPSA) is 46.3 Å². The van der Waals surface area contributed by atoms with E-state index in [4.69, 9.17) is 5.73 Å². The summed E-state index contributed by atoms with van der Waals surface area (Å²) in [5.41, 5.74) is 6.50. The van der Waals surface area contributed by atoms with E-state index < -0.39 is 0 Å². The van der Waals surface area contributed by atoms with Gasteiger partial charge in [-0.15, -0.1) is 0 Å². The molecule has 1 aliphatic rings. The lowest BCUT2D eigenvalue weighted by Crippen LogP contribution is -2.50. The smallest absolute Gasteiger partial charge is 0.228 e. The molecule has 2 N–H and O–H groups in total. The minimum Gasteiger partial charge on any atom is -0.325 e. The van der Waals surface area contributed by atoms with Gasteiger partial charge >= 0.3 is 0 Å². The number of benzene rings is 1. The second-order valence-corrected chi connectivity index (χ2v) is 5.01. The van der Waals surface area contributed by atoms with Gasteiger partial charge in [-0.25, -0.2) is 4.39 Å². The molecule has 98 valence electrons. The molecule has 1 fully saturated rings. The SMILES string of the molecule is CCN(C(=O)CC1(N)CCC1)c1ccc(F)cc1. The predicted octanol–water partition coefficient (Wildman–Crippen LogP) is 2.45. The first-order chi connectivity index (χ1) is 8.54. The number of halogens is 1. The maximum atomic E-state index is 12.9. The van der Waals surface area contributed by atoms with E-state index in [1.807, 2.05) is 6.92 Å². The van der Waals surface area contributed by atoms with Gasteiger partial charge in [0.2, 0.25) is 5.91 Å². The fourth-order valence-electron chi connectivity index (χ4n) is 2.33. The summed E-state index contributed by atoms with van der Waals surface area (Å²) in [5.74, 6) is -0.275. The van der Waals surface area contributed by atoms with Crippen LogP contribution >= 0.6 is 0 Å². The van der Waals surface area contributed by atoms with E-state index in [2.05, 4.69) is 0 Å². The van der Waals surface area contributed by atoms with Crippen LogP contribution in [0.25, 0.3) is 0 Å². The van der Waals surface area contributed by atoms with E-state index in [-0.39, 0.29) is 17.3 Å². The van der Waals surface area contributed by atoms with Crippen LogP contribution in [0.3, 0.4) is 0 Å². The minimum atomic E-state index is -0.315. The summed E-state index contributed by atoms with van der Waals surface area (Å²) in [7, 11) is 0. The molecular formula is C14H19FN2O. The molecule has 0 radical (unpaired) electrons. The standard InChI is InChI=1S/C14H19FN2O/c1-2-17(12-6-4-11(15)5-7-12)13(18)10-14(16)8-3-9-14/h4-7H,2-3,8-10,16H2,1H3. The molecule has 0 unspecified atom stereocenters. The third-order valence-corrected chi connectivity index (χ3v) is 3.61. The first-order valence-electron chi connectivity index (χ1n) is 6.39. The largest absolute Gasteiger partial charge is 0.325 e. The Hall–Kier alpha value is -1.42. The van der Waals surface area contributed by atoms with Gasteiger partial charge in [-0.1, -0.05) is 0 Å². The molecule has 0 aromatic heterocycles. The van der Waals surface area contributed by atoms with Crippen LogP contribution < -0.4 is 10.6 Å². The maximum absolute atomic E-state index is 12.9. The number of anilines is 1. The molecule has 3 nitrogen and oxygen atoms in total. The van der Waals surface area contributed by atoms with E-state index in [9.17, 15) is 9.18 Å². The van der Waals surface area contributed by atoms with Crippen LogP contribution in [0.2, 0.25) is 0 Å². The van der Waals surface area contributed by atoms with Crippen molar-refractivity contribution in [2.24, 2.45) is 5.73 Å². The zero-order valence-electron chi connectivity index (χ0n) is 10.7. The summed E-state index contributed by atoms with van der Waals surface area (Å²) in [6.45, 7) is 2.48. The van der Waals surface area contributed by atoms with Crippen LogP contribution in [-0.4, -0.2) is 18.0 Å². The van der Waals surface area contributed by atoms with Crippen molar-refractivity contribution < 1.29 is 9.18 Å². The molecule has 1 aliphatic carbocycles. The first-order valence-corrected chi connectivity index (χ1v) is 6.39. The van der Waals surface area contributed by atoms with E-state index in [0.29, 0.717) is 13.0 Å². The third-order valence-electron chi connectivity index (χ3n) is 3.61. The van der Waals surface area contributed by atoms with Gasteiger partial charge in [0.15, 0.2) is 0 Å². The number of nitrogens with two attached hydrogens (primary N) is 1. The maximum Gasteiger partial charge on any atom is 0.228 e. The van der Waals surface area contributed by atoms with Crippen LogP contribution in [-0.2, 0) is 4.79 Å². The average molecular weight is 250 g/mol. The Morgan fingerprint density at radius 1 is 1.39 bits per heavy atom. The molecule has 0 spiro atoms. The molecule has 0 bridgehead atoms. The molecule has 2 rings (SSSR count). The Morgan fingerprint density at radius 2 is 2.00 bits per heavy atom. The van der Waals surface area contributed by atoms with Gasteiger partial charge in [-0.3, -0.25) is 4.79 Å². The highest BCUT2D eigenvalue weighted by Crippen LogP contribution is 2.33. The van der Waals surface area contributed by atoms with Gasteiger partial charge in [-0.05, 0) is 50.5 Å². The number of nitrogens with zero attached hydrogens (tertiary/aromatic N) is 1. The lowest BCUT2D eigenvalue weighted by molar-refractivity contribution is -0.120. The number of amides is 1. The van der Waals surface area contributed by atoms with Crippen molar-refractivity contribution in [3.05, 3.63) is 30.1 Å². The van der Waals surface area contributed by atoms with Gasteiger partial charge in [0.1, 0.15) is 5.82 Å². The van der Waals surface area contributed by atoms with Gasteiger partial charge in [-0.2, -0.15) is 0 Å². The zero-order valence-corrected chi connectivity index (χ0v) is 10.7. The van der Waals surface area contributed by atoms with Crippen molar-refractivity contribution in [2.75, 3.05) is 11.4 Å². The highest BCUT2D eigenvalue weighted by Gasteiger charge is 2.36. The second-order valence-electron chi connectivity index (χ2n) is 5.01. The predicted molar refractivity (Wildman–Crippen MR) is 69.8 cm³/mol. The normalized spacial score (nSPS) is 17.1. The molecule has 0 atom stereocenters. The van der Waals surface area contributed by atoms with Gasteiger partial charge < -0.3 is 10.6 Å². The van der Waals surface area contributed by atoms with Crippen molar-refractivity contribution in [3.63, 3.8) is 0 Å². The van der Waals surface area contributed by atoms with Gasteiger partial charge in [0.05, 0.1) is 0 Å². The number of carbonyl (C=O) groups excluding carboxylic acids is 1. The quantitative estimate of drug-likeness (QED) is 0.892. The Kier molecular flexibility index (Phi) is 3.66. The molecular weight excluding hydrogens is 231 g/mol. The molecule has 4 heteroatoms.